The van der Waals surface area contributed by atoms with Crippen LogP contribution >= 0.6 is 0 Å². The molecule has 6 unspecified atom stereocenters. The summed E-state index contributed by atoms with van der Waals surface area (Å²) in [5.74, 6) is 5.12. The van der Waals surface area contributed by atoms with Crippen molar-refractivity contribution in [2.45, 2.75) is 154 Å². The summed E-state index contributed by atoms with van der Waals surface area (Å²) in [6, 6.07) is 1.66. The van der Waals surface area contributed by atoms with Gasteiger partial charge in [0.25, 0.3) is 0 Å². The van der Waals surface area contributed by atoms with Gasteiger partial charge in [-0.15, -0.1) is 5.10 Å². The topological polar surface area (TPSA) is 143 Å². The van der Waals surface area contributed by atoms with Crippen molar-refractivity contribution in [3.05, 3.63) is 23.5 Å². The standard InChI is InChI=1S/C39H62N4O7/c1-22-6-9-30-23(2)33-31(43(30)18-22)17-29-27-8-7-24-16-26(10-12-38(24,3)28(27)11-13-39(29,33)4)48-15-5-14-42-19-25(40-41-42)21-49-37-36(47)35(46)34(45)32(20-44)50-37/h7,19,22-23,26-37,44-47H,5-6,8-18,20-21H2,1-4H3/t22-,23+,26-,27?,28?,29?,30?,31?,32+,33?,34+,35-,36+,37+,38-,39-/m0/s1. The summed E-state index contributed by atoms with van der Waals surface area (Å²) in [5, 5.41) is 47.9. The molecule has 16 atom stereocenters. The summed E-state index contributed by atoms with van der Waals surface area (Å²) in [7, 11) is 0. The van der Waals surface area contributed by atoms with Crippen molar-refractivity contribution < 1.29 is 34.6 Å². The van der Waals surface area contributed by atoms with Crippen LogP contribution in [0.5, 0.6) is 0 Å². The minimum absolute atomic E-state index is 0.00938. The molecular weight excluding hydrogens is 636 g/mol. The molecule has 0 radical (unpaired) electrons. The van der Waals surface area contributed by atoms with E-state index in [-0.39, 0.29) is 12.7 Å². The van der Waals surface area contributed by atoms with E-state index in [1.807, 2.05) is 0 Å². The van der Waals surface area contributed by atoms with Gasteiger partial charge >= 0.3 is 0 Å². The van der Waals surface area contributed by atoms with E-state index in [4.69, 9.17) is 14.2 Å². The van der Waals surface area contributed by atoms with Gasteiger partial charge in [-0.05, 0) is 111 Å². The van der Waals surface area contributed by atoms with Crippen LogP contribution < -0.4 is 0 Å². The van der Waals surface area contributed by atoms with Gasteiger partial charge in [0.2, 0.25) is 0 Å². The van der Waals surface area contributed by atoms with Gasteiger partial charge in [0.15, 0.2) is 6.29 Å². The zero-order valence-electron chi connectivity index (χ0n) is 30.6. The molecule has 11 nitrogen and oxygen atoms in total. The maximum absolute atomic E-state index is 10.2. The summed E-state index contributed by atoms with van der Waals surface area (Å²) in [5.41, 5.74) is 3.07. The van der Waals surface area contributed by atoms with Crippen LogP contribution in [0.2, 0.25) is 0 Å². The van der Waals surface area contributed by atoms with Gasteiger partial charge in [-0.3, -0.25) is 9.58 Å². The summed E-state index contributed by atoms with van der Waals surface area (Å²) in [6.45, 7) is 12.6. The average molecular weight is 699 g/mol. The second-order valence-corrected chi connectivity index (χ2v) is 18.0. The number of ether oxygens (including phenoxy) is 3. The maximum atomic E-state index is 10.2. The van der Waals surface area contributed by atoms with Crippen LogP contribution in [0.3, 0.4) is 0 Å². The van der Waals surface area contributed by atoms with Crippen molar-refractivity contribution in [1.29, 1.82) is 0 Å². The molecule has 0 bridgehead atoms. The van der Waals surface area contributed by atoms with Gasteiger partial charge in [0.1, 0.15) is 30.1 Å². The van der Waals surface area contributed by atoms with Crippen LogP contribution in [0.1, 0.15) is 97.6 Å². The van der Waals surface area contributed by atoms with Crippen LogP contribution in [0.4, 0.5) is 0 Å². The maximum Gasteiger partial charge on any atom is 0.187 e. The molecule has 0 aromatic carbocycles. The number of fused-ring (bicyclic) bond motifs is 9. The van der Waals surface area contributed by atoms with Gasteiger partial charge in [-0.2, -0.15) is 0 Å². The number of aryl methyl sites for hydroxylation is 1. The van der Waals surface area contributed by atoms with E-state index in [1.165, 1.54) is 51.5 Å². The lowest BCUT2D eigenvalue weighted by Crippen LogP contribution is -2.59. The third-order valence-corrected chi connectivity index (χ3v) is 15.4. The monoisotopic (exact) mass is 698 g/mol. The Kier molecular flexibility index (Phi) is 9.79. The number of aliphatic hydroxyl groups is 4. The number of rotatable bonds is 9. The van der Waals surface area contributed by atoms with Crippen molar-refractivity contribution in [2.75, 3.05) is 19.8 Å². The van der Waals surface area contributed by atoms with E-state index in [1.54, 1.807) is 16.5 Å². The SMILES string of the molecule is C[C@H]1CCC2[C@@H](C)C3C(CC4C5CC=C6C[C@@H](OCCCn7cc(CO[C@@H]8O[C@H](CO)[C@@H](O)[C@H](O)[C@H]8O)nn7)CC[C@]6(C)C5CC[C@@]43C)N2C1. The molecule has 3 saturated heterocycles. The molecule has 3 aliphatic heterocycles. The number of aliphatic hydroxyl groups excluding tert-OH is 4. The molecule has 50 heavy (non-hydrogen) atoms. The second kappa shape index (κ2) is 13.8. The molecule has 0 spiro atoms. The molecule has 4 aliphatic carbocycles. The van der Waals surface area contributed by atoms with Gasteiger partial charge in [-0.1, -0.05) is 44.6 Å². The van der Waals surface area contributed by atoms with E-state index >= 15 is 0 Å². The largest absolute Gasteiger partial charge is 0.394 e. The van der Waals surface area contributed by atoms with Gasteiger partial charge in [0.05, 0.1) is 25.5 Å². The Labute approximate surface area is 297 Å². The number of allylic oxidation sites excluding steroid dienone is 1. The molecule has 3 saturated carbocycles. The first kappa shape index (κ1) is 35.6. The Balaban J connectivity index is 0.817. The Morgan fingerprint density at radius 1 is 0.980 bits per heavy atom. The first-order chi connectivity index (χ1) is 24.0. The highest BCUT2D eigenvalue weighted by Crippen LogP contribution is 2.70. The third kappa shape index (κ3) is 5.94. The number of hydrogen-bond donors (Lipinski definition) is 4. The van der Waals surface area contributed by atoms with Crippen LogP contribution in [-0.2, 0) is 27.4 Å². The lowest BCUT2D eigenvalue weighted by atomic mass is 9.47. The normalized spacial score (nSPS) is 48.7. The van der Waals surface area contributed by atoms with E-state index in [0.29, 0.717) is 29.7 Å². The lowest BCUT2D eigenvalue weighted by Gasteiger charge is -2.58. The van der Waals surface area contributed by atoms with Gasteiger partial charge in [0, 0.05) is 31.8 Å². The minimum atomic E-state index is -1.47. The molecule has 8 rings (SSSR count). The van der Waals surface area contributed by atoms with Gasteiger partial charge < -0.3 is 34.6 Å². The van der Waals surface area contributed by atoms with Crippen molar-refractivity contribution in [2.24, 2.45) is 46.3 Å². The Morgan fingerprint density at radius 3 is 2.64 bits per heavy atom. The number of piperidine rings is 1. The fraction of sp³-hybridized carbons (Fsp3) is 0.897. The fourth-order valence-electron chi connectivity index (χ4n) is 12.9. The lowest BCUT2D eigenvalue weighted by molar-refractivity contribution is -0.304. The molecule has 280 valence electrons. The number of hydrogen-bond acceptors (Lipinski definition) is 10. The number of nitrogens with zero attached hydrogens (tertiary/aromatic N) is 4. The average Bonchev–Trinajstić information content (AvgIpc) is 3.77. The van der Waals surface area contributed by atoms with Crippen molar-refractivity contribution in [1.82, 2.24) is 19.9 Å². The molecule has 1 aromatic rings. The second-order valence-electron chi connectivity index (χ2n) is 18.0. The zero-order chi connectivity index (χ0) is 34.9. The highest BCUT2D eigenvalue weighted by atomic mass is 16.7. The van der Waals surface area contributed by atoms with Crippen molar-refractivity contribution >= 4 is 0 Å². The van der Waals surface area contributed by atoms with Crippen LogP contribution in [0.15, 0.2) is 17.8 Å². The molecular formula is C39H62N4O7. The Morgan fingerprint density at radius 2 is 1.82 bits per heavy atom. The summed E-state index contributed by atoms with van der Waals surface area (Å²) in [6.07, 6.45) is 10.9. The summed E-state index contributed by atoms with van der Waals surface area (Å²) in [4.78, 5) is 3.01. The Bertz CT molecular complexity index is 1390. The highest BCUT2D eigenvalue weighted by Gasteiger charge is 2.66. The van der Waals surface area contributed by atoms with E-state index < -0.39 is 37.3 Å². The molecule has 0 amide bonds. The minimum Gasteiger partial charge on any atom is -0.394 e. The van der Waals surface area contributed by atoms with E-state index in [2.05, 4.69) is 49.0 Å². The van der Waals surface area contributed by atoms with Crippen molar-refractivity contribution in [3.63, 3.8) is 0 Å². The zero-order valence-corrected chi connectivity index (χ0v) is 30.6. The summed E-state index contributed by atoms with van der Waals surface area (Å²) < 4.78 is 19.3. The fourth-order valence-corrected chi connectivity index (χ4v) is 12.9. The molecule has 4 N–H and O–H groups in total. The molecule has 6 fully saturated rings. The molecule has 4 heterocycles. The van der Waals surface area contributed by atoms with E-state index in [9.17, 15) is 20.4 Å². The molecule has 7 aliphatic rings. The first-order valence-corrected chi connectivity index (χ1v) is 19.9. The van der Waals surface area contributed by atoms with Gasteiger partial charge in [-0.25, -0.2) is 0 Å². The smallest absolute Gasteiger partial charge is 0.187 e. The van der Waals surface area contributed by atoms with Crippen LogP contribution in [0, 0.1) is 46.3 Å². The molecule has 1 aromatic heterocycles. The quantitative estimate of drug-likeness (QED) is 0.223. The van der Waals surface area contributed by atoms with Crippen LogP contribution in [-0.4, -0.2) is 109 Å². The third-order valence-electron chi connectivity index (χ3n) is 15.4. The Hall–Kier alpha value is -1.44. The summed E-state index contributed by atoms with van der Waals surface area (Å²) >= 11 is 0. The highest BCUT2D eigenvalue weighted by molar-refractivity contribution is 5.27. The predicted octanol–water partition coefficient (Wildman–Crippen LogP) is 3.68. The number of aromatic nitrogens is 3. The van der Waals surface area contributed by atoms with E-state index in [0.717, 1.165) is 66.9 Å². The predicted molar refractivity (Wildman–Crippen MR) is 185 cm³/mol. The van der Waals surface area contributed by atoms with Crippen LogP contribution in [0.25, 0.3) is 0 Å². The molecule has 11 heteroatoms. The van der Waals surface area contributed by atoms with Crippen molar-refractivity contribution in [3.8, 4) is 0 Å². The first-order valence-electron chi connectivity index (χ1n) is 19.9.